The van der Waals surface area contributed by atoms with Crippen molar-refractivity contribution in [3.05, 3.63) is 131 Å². The summed E-state index contributed by atoms with van der Waals surface area (Å²) in [6.45, 7) is 7.73. The number of nitrogens with zero attached hydrogens (tertiary/aromatic N) is 1. The van der Waals surface area contributed by atoms with E-state index in [4.69, 9.17) is 8.92 Å². The molecular weight excluding hydrogens is 502 g/mol. The number of anilines is 1. The number of carbonyl (C=O) groups excluding carboxylic acids is 1. The van der Waals surface area contributed by atoms with Crippen LogP contribution in [0, 0.1) is 6.92 Å². The fraction of sp³-hybridized carbons (Fsp3) is 0.206. The molecule has 0 fully saturated rings. The summed E-state index contributed by atoms with van der Waals surface area (Å²) in [5.74, 6) is 0.772. The van der Waals surface area contributed by atoms with Gasteiger partial charge in [-0.25, -0.2) is 0 Å². The number of aryl methyl sites for hydroxylation is 1. The van der Waals surface area contributed by atoms with Crippen molar-refractivity contribution >= 4 is 29.6 Å². The van der Waals surface area contributed by atoms with Gasteiger partial charge in [0.2, 0.25) is 5.72 Å². The highest BCUT2D eigenvalue weighted by Gasteiger charge is 2.58. The highest BCUT2D eigenvalue weighted by atomic mass is 32.2. The summed E-state index contributed by atoms with van der Waals surface area (Å²) in [5.41, 5.74) is 4.78. The largest absolute Gasteiger partial charge is 0.463 e. The van der Waals surface area contributed by atoms with Crippen molar-refractivity contribution < 1.29 is 13.7 Å². The zero-order valence-electron chi connectivity index (χ0n) is 22.4. The third-order valence-electron chi connectivity index (χ3n) is 7.80. The molecule has 5 heteroatoms. The fourth-order valence-electron chi connectivity index (χ4n) is 5.62. The molecule has 0 bridgehead atoms. The van der Waals surface area contributed by atoms with E-state index in [0.717, 1.165) is 21.9 Å². The molecular formula is C34H31NO3S. The lowest BCUT2D eigenvalue weighted by molar-refractivity contribution is 0.0516. The summed E-state index contributed by atoms with van der Waals surface area (Å²) < 4.78 is 13.0. The molecule has 2 aliphatic rings. The Kier molecular flexibility index (Phi) is 6.57. The van der Waals surface area contributed by atoms with E-state index in [2.05, 4.69) is 86.4 Å². The topological polar surface area (TPSA) is 38.8 Å². The first-order valence-corrected chi connectivity index (χ1v) is 14.0. The Balaban J connectivity index is 1.28. The van der Waals surface area contributed by atoms with Crippen LogP contribution < -0.4 is 9.64 Å². The van der Waals surface area contributed by atoms with Crippen LogP contribution in [0.3, 0.4) is 0 Å². The molecule has 196 valence electrons. The molecule has 1 unspecified atom stereocenters. The van der Waals surface area contributed by atoms with E-state index in [9.17, 15) is 4.79 Å². The zero-order chi connectivity index (χ0) is 27.0. The van der Waals surface area contributed by atoms with Crippen molar-refractivity contribution in [2.45, 2.75) is 36.8 Å². The molecule has 2 aliphatic heterocycles. The number of rotatable bonds is 7. The second-order valence-electron chi connectivity index (χ2n) is 10.6. The molecule has 0 radical (unpaired) electrons. The van der Waals surface area contributed by atoms with E-state index in [0.29, 0.717) is 24.3 Å². The van der Waals surface area contributed by atoms with Crippen LogP contribution in [0.25, 0.3) is 6.08 Å². The Bertz CT molecular complexity index is 1540. The molecule has 6 rings (SSSR count). The molecule has 0 saturated carbocycles. The molecule has 0 aliphatic carbocycles. The number of ether oxygens (including phenoxy) is 1. The predicted octanol–water partition coefficient (Wildman–Crippen LogP) is 7.85. The maximum Gasteiger partial charge on any atom is 0.212 e. The number of ketones is 1. The molecule has 1 spiro atoms. The summed E-state index contributed by atoms with van der Waals surface area (Å²) >= 11 is 1.40. The van der Waals surface area contributed by atoms with E-state index >= 15 is 0 Å². The number of benzene rings is 4. The first-order valence-electron chi connectivity index (χ1n) is 13.2. The fourth-order valence-corrected chi connectivity index (χ4v) is 6.16. The van der Waals surface area contributed by atoms with Gasteiger partial charge in [0.15, 0.2) is 5.78 Å². The molecule has 4 nitrogen and oxygen atoms in total. The van der Waals surface area contributed by atoms with Crippen LogP contribution in [-0.4, -0.2) is 24.7 Å². The first kappa shape index (κ1) is 25.5. The lowest BCUT2D eigenvalue weighted by Gasteiger charge is -2.47. The quantitative estimate of drug-likeness (QED) is 0.137. The Hall–Kier alpha value is -3.80. The molecule has 2 heterocycles. The van der Waals surface area contributed by atoms with E-state index in [-0.39, 0.29) is 11.2 Å². The summed E-state index contributed by atoms with van der Waals surface area (Å²) in [6.07, 6.45) is 4.25. The van der Waals surface area contributed by atoms with Gasteiger partial charge in [-0.05, 0) is 74.9 Å². The van der Waals surface area contributed by atoms with Crippen LogP contribution in [0.5, 0.6) is 5.75 Å². The lowest BCUT2D eigenvalue weighted by atomic mass is 9.76. The Morgan fingerprint density at radius 1 is 0.897 bits per heavy atom. The lowest BCUT2D eigenvalue weighted by Crippen LogP contribution is -2.60. The maximum atomic E-state index is 13.1. The van der Waals surface area contributed by atoms with Crippen molar-refractivity contribution in [3.8, 4) is 5.75 Å². The normalized spacial score (nSPS) is 18.5. The standard InChI is InChI=1S/C34H31NO3S/c1-24-13-16-28(17-14-24)39-37-22-21-35-30-12-8-7-11-29(30)33(2,3)34(35)20-19-26-23-27(15-18-31(26)38-34)32(36)25-9-5-4-6-10-25/h4-20,23H,21-22H2,1-3H3. The zero-order valence-corrected chi connectivity index (χ0v) is 23.2. The van der Waals surface area contributed by atoms with Crippen molar-refractivity contribution in [1.82, 2.24) is 0 Å². The predicted molar refractivity (Wildman–Crippen MR) is 159 cm³/mol. The van der Waals surface area contributed by atoms with Gasteiger partial charge < -0.3 is 13.8 Å². The molecule has 0 N–H and O–H groups in total. The minimum Gasteiger partial charge on any atom is -0.463 e. The number of hydrogen-bond donors (Lipinski definition) is 0. The van der Waals surface area contributed by atoms with Crippen LogP contribution in [0.1, 0.15) is 46.5 Å². The van der Waals surface area contributed by atoms with Gasteiger partial charge in [0.1, 0.15) is 5.75 Å². The van der Waals surface area contributed by atoms with Gasteiger partial charge in [-0.15, -0.1) is 0 Å². The van der Waals surface area contributed by atoms with E-state index < -0.39 is 5.72 Å². The van der Waals surface area contributed by atoms with Gasteiger partial charge in [-0.3, -0.25) is 4.79 Å². The monoisotopic (exact) mass is 533 g/mol. The summed E-state index contributed by atoms with van der Waals surface area (Å²) in [5, 5.41) is 0. The summed E-state index contributed by atoms with van der Waals surface area (Å²) in [7, 11) is 0. The van der Waals surface area contributed by atoms with Crippen LogP contribution in [-0.2, 0) is 9.60 Å². The van der Waals surface area contributed by atoms with Crippen LogP contribution in [0.15, 0.2) is 108 Å². The van der Waals surface area contributed by atoms with Gasteiger partial charge in [0.05, 0.1) is 12.0 Å². The smallest absolute Gasteiger partial charge is 0.212 e. The Morgan fingerprint density at radius 2 is 1.64 bits per heavy atom. The number of hydrogen-bond acceptors (Lipinski definition) is 5. The van der Waals surface area contributed by atoms with Crippen molar-refractivity contribution in [1.29, 1.82) is 0 Å². The number of fused-ring (bicyclic) bond motifs is 2. The molecule has 0 aromatic heterocycles. The van der Waals surface area contributed by atoms with E-state index in [1.165, 1.54) is 23.2 Å². The van der Waals surface area contributed by atoms with Gasteiger partial charge >= 0.3 is 0 Å². The Labute approximate surface area is 234 Å². The van der Waals surface area contributed by atoms with Crippen molar-refractivity contribution in [3.63, 3.8) is 0 Å². The molecule has 0 saturated heterocycles. The second kappa shape index (κ2) is 10.1. The average Bonchev–Trinajstić information content (AvgIpc) is 3.14. The summed E-state index contributed by atoms with van der Waals surface area (Å²) in [6, 6.07) is 31.9. The first-order chi connectivity index (χ1) is 18.9. The van der Waals surface area contributed by atoms with Gasteiger partial charge in [0, 0.05) is 45.9 Å². The van der Waals surface area contributed by atoms with E-state index in [1.807, 2.05) is 48.5 Å². The third-order valence-corrected chi connectivity index (χ3v) is 8.55. The van der Waals surface area contributed by atoms with Crippen LogP contribution in [0.2, 0.25) is 0 Å². The molecule has 4 aromatic rings. The highest BCUT2D eigenvalue weighted by Crippen LogP contribution is 2.54. The molecule has 39 heavy (non-hydrogen) atoms. The Morgan fingerprint density at radius 3 is 2.44 bits per heavy atom. The minimum atomic E-state index is -0.730. The number of para-hydroxylation sites is 1. The van der Waals surface area contributed by atoms with Crippen LogP contribution >= 0.6 is 12.0 Å². The molecule has 1 atom stereocenters. The minimum absolute atomic E-state index is 0.00513. The summed E-state index contributed by atoms with van der Waals surface area (Å²) in [4.78, 5) is 16.5. The van der Waals surface area contributed by atoms with Gasteiger partial charge in [0.25, 0.3) is 0 Å². The molecule has 4 aromatic carbocycles. The average molecular weight is 534 g/mol. The molecule has 0 amide bonds. The third kappa shape index (κ3) is 4.46. The van der Waals surface area contributed by atoms with Crippen molar-refractivity contribution in [2.75, 3.05) is 18.1 Å². The van der Waals surface area contributed by atoms with Gasteiger partial charge in [-0.1, -0.05) is 66.2 Å². The highest BCUT2D eigenvalue weighted by molar-refractivity contribution is 7.94. The van der Waals surface area contributed by atoms with Gasteiger partial charge in [-0.2, -0.15) is 0 Å². The van der Waals surface area contributed by atoms with E-state index in [1.54, 1.807) is 0 Å². The maximum absolute atomic E-state index is 13.1. The van der Waals surface area contributed by atoms with Crippen LogP contribution in [0.4, 0.5) is 5.69 Å². The second-order valence-corrected chi connectivity index (χ2v) is 11.5. The number of carbonyl (C=O) groups is 1. The SMILES string of the molecule is Cc1ccc(SOCCN2c3ccccc3C(C)(C)C23C=Cc2cc(C(=O)c4ccccc4)ccc2O3)cc1. The van der Waals surface area contributed by atoms with Crippen molar-refractivity contribution in [2.24, 2.45) is 0 Å².